The van der Waals surface area contributed by atoms with Crippen LogP contribution in [0.5, 0.6) is 5.88 Å². The lowest BCUT2D eigenvalue weighted by atomic mass is 10.4. The van der Waals surface area contributed by atoms with Crippen LogP contribution in [0.1, 0.15) is 0 Å². The number of aryl methyl sites for hydroxylation is 2. The standard InChI is InChI=1S/C16H15F3N6O4/c1-23-8-21-13-12(23)14(27)25(15(28)24(13)2)6-10(26)22-9-3-4-11(20-5-9)29-7-16(17,18)19/h3-5,8H,6-7H2,1-2H3,(H,22,26). The summed E-state index contributed by atoms with van der Waals surface area (Å²) in [6.45, 7) is -2.06. The molecule has 3 heterocycles. The number of imidazole rings is 1. The van der Waals surface area contributed by atoms with E-state index in [0.29, 0.717) is 0 Å². The van der Waals surface area contributed by atoms with Gasteiger partial charge < -0.3 is 14.6 Å². The smallest absolute Gasteiger partial charge is 0.422 e. The normalized spacial score (nSPS) is 11.6. The summed E-state index contributed by atoms with van der Waals surface area (Å²) in [5.41, 5.74) is -0.885. The molecule has 0 saturated heterocycles. The van der Waals surface area contributed by atoms with Crippen LogP contribution in [0.2, 0.25) is 0 Å². The summed E-state index contributed by atoms with van der Waals surface area (Å²) in [7, 11) is 3.01. The van der Waals surface area contributed by atoms with Gasteiger partial charge in [-0.05, 0) is 6.07 Å². The highest BCUT2D eigenvalue weighted by molar-refractivity contribution is 5.90. The third-order valence-corrected chi connectivity index (χ3v) is 3.91. The molecule has 0 aromatic carbocycles. The van der Waals surface area contributed by atoms with Crippen LogP contribution >= 0.6 is 0 Å². The maximum absolute atomic E-state index is 12.6. The molecule has 0 spiro atoms. The van der Waals surface area contributed by atoms with E-state index < -0.39 is 36.5 Å². The first-order chi connectivity index (χ1) is 13.6. The number of aromatic nitrogens is 5. The molecule has 3 rings (SSSR count). The van der Waals surface area contributed by atoms with Crippen molar-refractivity contribution in [3.63, 3.8) is 0 Å². The van der Waals surface area contributed by atoms with Crippen LogP contribution in [0.25, 0.3) is 11.2 Å². The van der Waals surface area contributed by atoms with Crippen molar-refractivity contribution < 1.29 is 22.7 Å². The van der Waals surface area contributed by atoms with Crippen molar-refractivity contribution in [2.75, 3.05) is 11.9 Å². The highest BCUT2D eigenvalue weighted by Crippen LogP contribution is 2.18. The molecule has 0 fully saturated rings. The Morgan fingerprint density at radius 2 is 1.93 bits per heavy atom. The van der Waals surface area contributed by atoms with E-state index in [0.717, 1.165) is 21.4 Å². The monoisotopic (exact) mass is 412 g/mol. The second-order valence-electron chi connectivity index (χ2n) is 6.10. The predicted octanol–water partition coefficient (Wildman–Crippen LogP) is 0.408. The van der Waals surface area contributed by atoms with E-state index >= 15 is 0 Å². The molecule has 3 aromatic heterocycles. The summed E-state index contributed by atoms with van der Waals surface area (Å²) in [5, 5.41) is 2.41. The summed E-state index contributed by atoms with van der Waals surface area (Å²) in [6.07, 6.45) is -2.03. The SMILES string of the molecule is Cn1cnc2c1c(=O)n(CC(=O)Nc1ccc(OCC(F)(F)F)nc1)c(=O)n2C. The summed E-state index contributed by atoms with van der Waals surface area (Å²) in [4.78, 5) is 44.8. The summed E-state index contributed by atoms with van der Waals surface area (Å²) in [6, 6.07) is 2.43. The van der Waals surface area contributed by atoms with Gasteiger partial charge in [-0.25, -0.2) is 19.3 Å². The number of hydrogen-bond acceptors (Lipinski definition) is 6. The van der Waals surface area contributed by atoms with Crippen LogP contribution in [0.15, 0.2) is 34.2 Å². The van der Waals surface area contributed by atoms with Crippen LogP contribution in [-0.2, 0) is 25.4 Å². The number of ether oxygens (including phenoxy) is 1. The number of alkyl halides is 3. The van der Waals surface area contributed by atoms with E-state index in [4.69, 9.17) is 0 Å². The van der Waals surface area contributed by atoms with Crippen molar-refractivity contribution in [2.24, 2.45) is 14.1 Å². The first-order valence-corrected chi connectivity index (χ1v) is 8.13. The molecule has 0 saturated carbocycles. The third-order valence-electron chi connectivity index (χ3n) is 3.91. The highest BCUT2D eigenvalue weighted by atomic mass is 19.4. The van der Waals surface area contributed by atoms with Crippen LogP contribution in [0, 0.1) is 0 Å². The van der Waals surface area contributed by atoms with Gasteiger partial charge in [0.15, 0.2) is 17.8 Å². The Morgan fingerprint density at radius 1 is 1.21 bits per heavy atom. The quantitative estimate of drug-likeness (QED) is 0.650. The number of carbonyl (C=O) groups is 1. The molecule has 0 aliphatic heterocycles. The Labute approximate surface area is 160 Å². The Morgan fingerprint density at radius 3 is 2.55 bits per heavy atom. The van der Waals surface area contributed by atoms with Crippen molar-refractivity contribution in [3.05, 3.63) is 45.5 Å². The Balaban J connectivity index is 1.75. The van der Waals surface area contributed by atoms with E-state index in [1.54, 1.807) is 7.05 Å². The fraction of sp³-hybridized carbons (Fsp3) is 0.312. The molecule has 13 heteroatoms. The lowest BCUT2D eigenvalue weighted by molar-refractivity contribution is -0.154. The lowest BCUT2D eigenvalue weighted by Crippen LogP contribution is -2.42. The van der Waals surface area contributed by atoms with Crippen LogP contribution < -0.4 is 21.3 Å². The fourth-order valence-electron chi connectivity index (χ4n) is 2.58. The first-order valence-electron chi connectivity index (χ1n) is 8.13. The number of rotatable bonds is 5. The number of nitrogens with zero attached hydrogens (tertiary/aromatic N) is 5. The maximum Gasteiger partial charge on any atom is 0.422 e. The van der Waals surface area contributed by atoms with Gasteiger partial charge in [0.25, 0.3) is 5.56 Å². The third kappa shape index (κ3) is 4.28. The molecule has 0 aliphatic rings. The summed E-state index contributed by atoms with van der Waals surface area (Å²) >= 11 is 0. The molecule has 0 bridgehead atoms. The van der Waals surface area contributed by atoms with Gasteiger partial charge in [-0.2, -0.15) is 13.2 Å². The first kappa shape index (κ1) is 20.1. The molecule has 3 aromatic rings. The molecule has 29 heavy (non-hydrogen) atoms. The topological polar surface area (TPSA) is 113 Å². The molecule has 10 nitrogen and oxygen atoms in total. The van der Waals surface area contributed by atoms with Crippen molar-refractivity contribution in [2.45, 2.75) is 12.7 Å². The number of carbonyl (C=O) groups excluding carboxylic acids is 1. The fourth-order valence-corrected chi connectivity index (χ4v) is 2.58. The molecule has 0 radical (unpaired) electrons. The number of pyridine rings is 1. The molecular formula is C16H15F3N6O4. The number of hydrogen-bond donors (Lipinski definition) is 1. The van der Waals surface area contributed by atoms with Gasteiger partial charge in [0, 0.05) is 20.2 Å². The van der Waals surface area contributed by atoms with Crippen molar-refractivity contribution in [1.82, 2.24) is 23.7 Å². The number of fused-ring (bicyclic) bond motifs is 1. The van der Waals surface area contributed by atoms with Gasteiger partial charge in [-0.3, -0.25) is 14.2 Å². The Bertz CT molecular complexity index is 1180. The number of nitrogens with one attached hydrogen (secondary N) is 1. The predicted molar refractivity (Wildman–Crippen MR) is 94.6 cm³/mol. The Kier molecular flexibility index (Phi) is 5.14. The minimum atomic E-state index is -4.50. The number of anilines is 1. The minimum Gasteiger partial charge on any atom is -0.468 e. The van der Waals surface area contributed by atoms with E-state index in [-0.39, 0.29) is 22.7 Å². The van der Waals surface area contributed by atoms with E-state index in [1.807, 2.05) is 0 Å². The van der Waals surface area contributed by atoms with Gasteiger partial charge in [-0.1, -0.05) is 0 Å². The average molecular weight is 412 g/mol. The van der Waals surface area contributed by atoms with Crippen LogP contribution in [-0.4, -0.2) is 42.4 Å². The van der Waals surface area contributed by atoms with Gasteiger partial charge in [0.1, 0.15) is 6.54 Å². The maximum atomic E-state index is 12.6. The molecule has 0 atom stereocenters. The highest BCUT2D eigenvalue weighted by Gasteiger charge is 2.28. The number of amides is 1. The summed E-state index contributed by atoms with van der Waals surface area (Å²) in [5.74, 6) is -0.969. The second-order valence-corrected chi connectivity index (χ2v) is 6.10. The van der Waals surface area contributed by atoms with E-state index in [9.17, 15) is 27.6 Å². The van der Waals surface area contributed by atoms with Gasteiger partial charge >= 0.3 is 11.9 Å². The average Bonchev–Trinajstić information content (AvgIpc) is 3.04. The zero-order chi connectivity index (χ0) is 21.3. The molecular weight excluding hydrogens is 397 g/mol. The molecule has 0 unspecified atom stereocenters. The molecule has 1 amide bonds. The van der Waals surface area contributed by atoms with Crippen LogP contribution in [0.4, 0.5) is 18.9 Å². The van der Waals surface area contributed by atoms with E-state index in [2.05, 4.69) is 20.0 Å². The molecule has 154 valence electrons. The largest absolute Gasteiger partial charge is 0.468 e. The zero-order valence-corrected chi connectivity index (χ0v) is 15.2. The van der Waals surface area contributed by atoms with Gasteiger partial charge in [0.05, 0.1) is 18.2 Å². The van der Waals surface area contributed by atoms with Crippen LogP contribution in [0.3, 0.4) is 0 Å². The van der Waals surface area contributed by atoms with Crippen molar-refractivity contribution >= 4 is 22.8 Å². The van der Waals surface area contributed by atoms with E-state index in [1.165, 1.54) is 24.0 Å². The molecule has 1 N–H and O–H groups in total. The minimum absolute atomic E-state index is 0.154. The molecule has 0 aliphatic carbocycles. The zero-order valence-electron chi connectivity index (χ0n) is 15.2. The van der Waals surface area contributed by atoms with Gasteiger partial charge in [-0.15, -0.1) is 0 Å². The number of halogens is 3. The lowest BCUT2D eigenvalue weighted by Gasteiger charge is -2.10. The van der Waals surface area contributed by atoms with Crippen molar-refractivity contribution in [3.8, 4) is 5.88 Å². The Hall–Kier alpha value is -3.64. The van der Waals surface area contributed by atoms with Crippen molar-refractivity contribution in [1.29, 1.82) is 0 Å². The summed E-state index contributed by atoms with van der Waals surface area (Å²) < 4.78 is 44.2. The van der Waals surface area contributed by atoms with Gasteiger partial charge in [0.2, 0.25) is 11.8 Å². The second kappa shape index (κ2) is 7.41.